The number of benzene rings is 4. The third-order valence-electron chi connectivity index (χ3n) is 6.74. The van der Waals surface area contributed by atoms with Crippen LogP contribution in [0.25, 0.3) is 16.6 Å². The van der Waals surface area contributed by atoms with Gasteiger partial charge in [0.1, 0.15) is 11.6 Å². The van der Waals surface area contributed by atoms with Gasteiger partial charge in [-0.3, -0.25) is 14.2 Å². The summed E-state index contributed by atoms with van der Waals surface area (Å²) in [6, 6.07) is 31.3. The average molecular weight is 582 g/mol. The molecule has 196 valence electrons. The lowest BCUT2D eigenvalue weighted by molar-refractivity contribution is 0.0640. The molecule has 5 aromatic rings. The quantitative estimate of drug-likeness (QED) is 0.199. The van der Waals surface area contributed by atoms with Gasteiger partial charge in [-0.15, -0.1) is 0 Å². The maximum absolute atomic E-state index is 14.1. The van der Waals surface area contributed by atoms with Gasteiger partial charge in [0.05, 0.1) is 29.7 Å². The second-order valence-corrected chi connectivity index (χ2v) is 10.1. The smallest absolute Gasteiger partial charge is 0.266 e. The summed E-state index contributed by atoms with van der Waals surface area (Å²) in [5, 5.41) is 0.523. The average Bonchev–Trinajstić information content (AvgIpc) is 2.98. The van der Waals surface area contributed by atoms with Gasteiger partial charge in [-0.05, 0) is 72.6 Å². The summed E-state index contributed by atoms with van der Waals surface area (Å²) in [6.45, 7) is 2.37. The molecule has 1 heterocycles. The number of hydrogen-bond donors (Lipinski definition) is 0. The number of halogens is 1. The number of rotatable bonds is 8. The minimum absolute atomic E-state index is 0.155. The maximum Gasteiger partial charge on any atom is 0.266 e. The number of para-hydroxylation sites is 1. The zero-order valence-corrected chi connectivity index (χ0v) is 23.3. The molecule has 0 aliphatic carbocycles. The molecule has 7 heteroatoms. The van der Waals surface area contributed by atoms with Gasteiger partial charge in [0.15, 0.2) is 0 Å². The van der Waals surface area contributed by atoms with Crippen LogP contribution in [0.15, 0.2) is 112 Å². The van der Waals surface area contributed by atoms with Crippen molar-refractivity contribution in [3.8, 4) is 11.4 Å². The molecule has 1 unspecified atom stereocenters. The van der Waals surface area contributed by atoms with E-state index in [-0.39, 0.29) is 11.5 Å². The Morgan fingerprint density at radius 3 is 2.26 bits per heavy atom. The molecule has 6 nitrogen and oxygen atoms in total. The van der Waals surface area contributed by atoms with E-state index in [9.17, 15) is 9.59 Å². The van der Waals surface area contributed by atoms with Gasteiger partial charge in [-0.25, -0.2) is 4.98 Å². The normalized spacial score (nSPS) is 11.8. The highest BCUT2D eigenvalue weighted by atomic mass is 79.9. The predicted octanol–water partition coefficient (Wildman–Crippen LogP) is 6.95. The SMILES string of the molecule is CCC(c1nc2ccccc2c(=O)n1-c1ccc(Br)cc1)N(Cc1ccccc1)C(=O)c1ccc(OC)cc1. The number of fused-ring (bicyclic) bond motifs is 1. The Hall–Kier alpha value is -4.23. The molecule has 1 aromatic heterocycles. The summed E-state index contributed by atoms with van der Waals surface area (Å²) in [5.74, 6) is 1.04. The zero-order chi connectivity index (χ0) is 27.4. The van der Waals surface area contributed by atoms with E-state index < -0.39 is 6.04 Å². The first-order valence-electron chi connectivity index (χ1n) is 12.8. The molecule has 4 aromatic carbocycles. The van der Waals surface area contributed by atoms with Crippen molar-refractivity contribution >= 4 is 32.7 Å². The van der Waals surface area contributed by atoms with Crippen molar-refractivity contribution in [3.63, 3.8) is 0 Å². The van der Waals surface area contributed by atoms with Gasteiger partial charge in [0.2, 0.25) is 0 Å². The number of carbonyl (C=O) groups is 1. The van der Waals surface area contributed by atoms with Gasteiger partial charge in [-0.2, -0.15) is 0 Å². The number of hydrogen-bond acceptors (Lipinski definition) is 4. The third-order valence-corrected chi connectivity index (χ3v) is 7.27. The van der Waals surface area contributed by atoms with Crippen molar-refractivity contribution in [2.45, 2.75) is 25.9 Å². The monoisotopic (exact) mass is 581 g/mol. The minimum atomic E-state index is -0.485. The van der Waals surface area contributed by atoms with Crippen LogP contribution in [0.2, 0.25) is 0 Å². The molecule has 5 rings (SSSR count). The van der Waals surface area contributed by atoms with E-state index in [1.807, 2.05) is 84.6 Å². The van der Waals surface area contributed by atoms with Crippen molar-refractivity contribution in [2.75, 3.05) is 7.11 Å². The van der Waals surface area contributed by atoms with Crippen LogP contribution in [0.1, 0.15) is 41.1 Å². The Bertz CT molecular complexity index is 1650. The molecule has 0 saturated heterocycles. The topological polar surface area (TPSA) is 64.4 Å². The molecule has 0 saturated carbocycles. The number of ether oxygens (including phenoxy) is 1. The summed E-state index contributed by atoms with van der Waals surface area (Å²) in [6.07, 6.45) is 0.552. The third kappa shape index (κ3) is 5.49. The van der Waals surface area contributed by atoms with Crippen LogP contribution < -0.4 is 10.3 Å². The van der Waals surface area contributed by atoms with Gasteiger partial charge < -0.3 is 9.64 Å². The highest BCUT2D eigenvalue weighted by molar-refractivity contribution is 9.10. The number of carbonyl (C=O) groups excluding carboxylic acids is 1. The van der Waals surface area contributed by atoms with Crippen LogP contribution in [-0.2, 0) is 6.54 Å². The van der Waals surface area contributed by atoms with E-state index in [1.54, 1.807) is 42.0 Å². The lowest BCUT2D eigenvalue weighted by Gasteiger charge is -2.32. The van der Waals surface area contributed by atoms with Gasteiger partial charge >= 0.3 is 0 Å². The Balaban J connectivity index is 1.71. The van der Waals surface area contributed by atoms with E-state index in [2.05, 4.69) is 15.9 Å². The van der Waals surface area contributed by atoms with E-state index in [0.717, 1.165) is 10.0 Å². The first-order valence-corrected chi connectivity index (χ1v) is 13.6. The van der Waals surface area contributed by atoms with Crippen LogP contribution in [0, 0.1) is 0 Å². The molecule has 0 spiro atoms. The predicted molar refractivity (Wildman–Crippen MR) is 157 cm³/mol. The fraction of sp³-hybridized carbons (Fsp3) is 0.156. The second kappa shape index (κ2) is 11.7. The van der Waals surface area contributed by atoms with Crippen LogP contribution >= 0.6 is 15.9 Å². The highest BCUT2D eigenvalue weighted by Crippen LogP contribution is 2.30. The molecular weight excluding hydrogens is 554 g/mol. The van der Waals surface area contributed by atoms with Crippen molar-refractivity contribution in [1.82, 2.24) is 14.5 Å². The molecule has 0 radical (unpaired) electrons. The van der Waals surface area contributed by atoms with Gasteiger partial charge in [0, 0.05) is 16.6 Å². The fourth-order valence-electron chi connectivity index (χ4n) is 4.76. The fourth-order valence-corrected chi connectivity index (χ4v) is 5.02. The first-order chi connectivity index (χ1) is 19.0. The van der Waals surface area contributed by atoms with E-state index in [4.69, 9.17) is 9.72 Å². The van der Waals surface area contributed by atoms with Gasteiger partial charge in [0.25, 0.3) is 11.5 Å². The van der Waals surface area contributed by atoms with Crippen molar-refractivity contribution in [2.24, 2.45) is 0 Å². The molecule has 1 amide bonds. The molecular formula is C32H28BrN3O3. The minimum Gasteiger partial charge on any atom is -0.497 e. The lowest BCUT2D eigenvalue weighted by Crippen LogP contribution is -2.38. The number of nitrogens with zero attached hydrogens (tertiary/aromatic N) is 3. The Morgan fingerprint density at radius 2 is 1.59 bits per heavy atom. The van der Waals surface area contributed by atoms with Crippen LogP contribution in [0.4, 0.5) is 0 Å². The largest absolute Gasteiger partial charge is 0.497 e. The van der Waals surface area contributed by atoms with E-state index in [1.165, 1.54) is 0 Å². The van der Waals surface area contributed by atoms with Crippen molar-refractivity contribution < 1.29 is 9.53 Å². The Kier molecular flexibility index (Phi) is 7.89. The molecule has 0 fully saturated rings. The van der Waals surface area contributed by atoms with Gasteiger partial charge in [-0.1, -0.05) is 65.3 Å². The zero-order valence-electron chi connectivity index (χ0n) is 21.8. The summed E-state index contributed by atoms with van der Waals surface area (Å²) in [5.41, 5.74) is 2.62. The summed E-state index contributed by atoms with van der Waals surface area (Å²) in [7, 11) is 1.60. The summed E-state index contributed by atoms with van der Waals surface area (Å²) in [4.78, 5) is 34.9. The molecule has 0 N–H and O–H groups in total. The second-order valence-electron chi connectivity index (χ2n) is 9.18. The molecule has 39 heavy (non-hydrogen) atoms. The summed E-state index contributed by atoms with van der Waals surface area (Å²) >= 11 is 3.49. The molecule has 1 atom stereocenters. The van der Waals surface area contributed by atoms with Crippen LogP contribution in [0.5, 0.6) is 5.75 Å². The van der Waals surface area contributed by atoms with E-state index >= 15 is 0 Å². The van der Waals surface area contributed by atoms with E-state index in [0.29, 0.717) is 46.7 Å². The van der Waals surface area contributed by atoms with Crippen molar-refractivity contribution in [3.05, 3.63) is 135 Å². The lowest BCUT2D eigenvalue weighted by atomic mass is 10.1. The maximum atomic E-state index is 14.1. The van der Waals surface area contributed by atoms with Crippen molar-refractivity contribution in [1.29, 1.82) is 0 Å². The molecule has 0 aliphatic heterocycles. The number of amides is 1. The van der Waals surface area contributed by atoms with Crippen LogP contribution in [-0.4, -0.2) is 27.5 Å². The van der Waals surface area contributed by atoms with Crippen LogP contribution in [0.3, 0.4) is 0 Å². The number of aromatic nitrogens is 2. The number of methoxy groups -OCH3 is 1. The standard InChI is InChI=1S/C32H28BrN3O3/c1-3-29(35(21-22-9-5-4-6-10-22)31(37)23-13-19-26(39-2)20-14-23)30-34-28-12-8-7-11-27(28)32(38)36(30)25-17-15-24(33)16-18-25/h4-20,29H,3,21H2,1-2H3. The first kappa shape index (κ1) is 26.4. The Labute approximate surface area is 235 Å². The summed E-state index contributed by atoms with van der Waals surface area (Å²) < 4.78 is 7.84. The highest BCUT2D eigenvalue weighted by Gasteiger charge is 2.30. The molecule has 0 bridgehead atoms. The Morgan fingerprint density at radius 1 is 0.923 bits per heavy atom. The molecule has 0 aliphatic rings.